The lowest BCUT2D eigenvalue weighted by molar-refractivity contribution is -0.144. The molecule has 1 N–H and O–H groups in total. The number of likely N-dealkylation sites (tertiary alicyclic amines) is 1. The van der Waals surface area contributed by atoms with Crippen LogP contribution in [0.5, 0.6) is 0 Å². The summed E-state index contributed by atoms with van der Waals surface area (Å²) in [6, 6.07) is -0.279. The average molecular weight is 166 g/mol. The third-order valence-electron chi connectivity index (χ3n) is 1.80. The predicted octanol–water partition coefficient (Wildman–Crippen LogP) is 0.587. The van der Waals surface area contributed by atoms with E-state index >= 15 is 0 Å². The summed E-state index contributed by atoms with van der Waals surface area (Å²) in [7, 11) is 0. The van der Waals surface area contributed by atoms with Crippen molar-refractivity contribution in [3.8, 4) is 0 Å². The van der Waals surface area contributed by atoms with Crippen molar-refractivity contribution in [1.82, 2.24) is 4.90 Å². The quantitative estimate of drug-likeness (QED) is 0.651. The lowest BCUT2D eigenvalue weighted by atomic mass is 10.1. The molecule has 1 rings (SSSR count). The van der Waals surface area contributed by atoms with Crippen molar-refractivity contribution < 1.29 is 9.90 Å². The van der Waals surface area contributed by atoms with Crippen LogP contribution in [0.4, 0.5) is 0 Å². The number of carbonyl (C=O) groups is 1. The van der Waals surface area contributed by atoms with Gasteiger partial charge in [-0.1, -0.05) is 0 Å². The SMILES string of the molecule is CC(C(=O)O)N1CCC1.Cl. The second-order valence-electron chi connectivity index (χ2n) is 2.40. The molecular formula is C6H12ClNO2. The molecule has 10 heavy (non-hydrogen) atoms. The minimum absolute atomic E-state index is 0. The summed E-state index contributed by atoms with van der Waals surface area (Å²) in [6.45, 7) is 3.63. The Kier molecular flexibility index (Phi) is 3.68. The van der Waals surface area contributed by atoms with E-state index in [1.165, 1.54) is 0 Å². The number of hydrogen-bond donors (Lipinski definition) is 1. The summed E-state index contributed by atoms with van der Waals surface area (Å²) in [5, 5.41) is 8.48. The fourth-order valence-corrected chi connectivity index (χ4v) is 0.884. The van der Waals surface area contributed by atoms with Crippen LogP contribution >= 0.6 is 12.4 Å². The first-order valence-electron chi connectivity index (χ1n) is 3.18. The molecule has 0 saturated carbocycles. The summed E-state index contributed by atoms with van der Waals surface area (Å²) < 4.78 is 0. The topological polar surface area (TPSA) is 40.5 Å². The van der Waals surface area contributed by atoms with Crippen LogP contribution in [0.15, 0.2) is 0 Å². The van der Waals surface area contributed by atoms with Gasteiger partial charge in [-0.25, -0.2) is 0 Å². The van der Waals surface area contributed by atoms with E-state index in [9.17, 15) is 4.79 Å². The number of rotatable bonds is 2. The van der Waals surface area contributed by atoms with Crippen molar-refractivity contribution in [2.45, 2.75) is 19.4 Å². The van der Waals surface area contributed by atoms with Gasteiger partial charge < -0.3 is 5.11 Å². The van der Waals surface area contributed by atoms with Gasteiger partial charge in [0.2, 0.25) is 0 Å². The van der Waals surface area contributed by atoms with Gasteiger partial charge in [-0.2, -0.15) is 0 Å². The first kappa shape index (κ1) is 9.72. The van der Waals surface area contributed by atoms with E-state index in [1.807, 2.05) is 4.90 Å². The van der Waals surface area contributed by atoms with Gasteiger partial charge in [0.05, 0.1) is 0 Å². The zero-order valence-electron chi connectivity index (χ0n) is 5.91. The second-order valence-corrected chi connectivity index (χ2v) is 2.40. The van der Waals surface area contributed by atoms with E-state index < -0.39 is 5.97 Å². The molecule has 0 radical (unpaired) electrons. The Morgan fingerprint density at radius 3 is 2.20 bits per heavy atom. The molecule has 1 aliphatic rings. The molecule has 1 unspecified atom stereocenters. The Hall–Kier alpha value is -0.280. The van der Waals surface area contributed by atoms with Gasteiger partial charge in [-0.3, -0.25) is 9.69 Å². The summed E-state index contributed by atoms with van der Waals surface area (Å²) in [5.74, 6) is -0.713. The van der Waals surface area contributed by atoms with Gasteiger partial charge in [0.15, 0.2) is 0 Å². The average Bonchev–Trinajstić information content (AvgIpc) is 1.60. The number of hydrogen-bond acceptors (Lipinski definition) is 2. The van der Waals surface area contributed by atoms with Crippen LogP contribution in [0, 0.1) is 0 Å². The largest absolute Gasteiger partial charge is 0.480 e. The standard InChI is InChI=1S/C6H11NO2.ClH/c1-5(6(8)9)7-3-2-4-7;/h5H,2-4H2,1H3,(H,8,9);1H. The van der Waals surface area contributed by atoms with Gasteiger partial charge >= 0.3 is 5.97 Å². The molecule has 1 aliphatic heterocycles. The van der Waals surface area contributed by atoms with E-state index in [1.54, 1.807) is 6.92 Å². The maximum Gasteiger partial charge on any atom is 0.320 e. The molecule has 0 aromatic carbocycles. The minimum atomic E-state index is -0.713. The van der Waals surface area contributed by atoms with Crippen LogP contribution in [0.3, 0.4) is 0 Å². The van der Waals surface area contributed by atoms with Crippen molar-refractivity contribution in [2.75, 3.05) is 13.1 Å². The molecule has 1 fully saturated rings. The number of aliphatic carboxylic acids is 1. The molecule has 3 nitrogen and oxygen atoms in total. The third kappa shape index (κ3) is 1.85. The Morgan fingerprint density at radius 1 is 1.60 bits per heavy atom. The molecule has 0 aromatic rings. The fourth-order valence-electron chi connectivity index (χ4n) is 0.884. The maximum absolute atomic E-state index is 10.3. The molecule has 60 valence electrons. The number of halogens is 1. The second kappa shape index (κ2) is 3.78. The molecule has 0 aliphatic carbocycles. The lowest BCUT2D eigenvalue weighted by Crippen LogP contribution is -2.47. The van der Waals surface area contributed by atoms with E-state index in [2.05, 4.69) is 0 Å². The van der Waals surface area contributed by atoms with Crippen molar-refractivity contribution in [2.24, 2.45) is 0 Å². The van der Waals surface area contributed by atoms with Crippen LogP contribution in [-0.4, -0.2) is 35.1 Å². The number of carboxylic acid groups (broad SMARTS) is 1. The highest BCUT2D eigenvalue weighted by molar-refractivity contribution is 5.85. The number of nitrogens with zero attached hydrogens (tertiary/aromatic N) is 1. The zero-order valence-corrected chi connectivity index (χ0v) is 6.73. The third-order valence-corrected chi connectivity index (χ3v) is 1.80. The molecule has 0 amide bonds. The molecule has 4 heteroatoms. The Balaban J connectivity index is 0.000000810. The van der Waals surface area contributed by atoms with Crippen LogP contribution in [0.25, 0.3) is 0 Å². The van der Waals surface area contributed by atoms with Gasteiger partial charge in [0.1, 0.15) is 6.04 Å². The van der Waals surface area contributed by atoms with Gasteiger partial charge in [0, 0.05) is 13.1 Å². The summed E-state index contributed by atoms with van der Waals surface area (Å²) >= 11 is 0. The van der Waals surface area contributed by atoms with Crippen LogP contribution in [0.1, 0.15) is 13.3 Å². The van der Waals surface area contributed by atoms with Gasteiger partial charge in [-0.15, -0.1) is 12.4 Å². The predicted molar refractivity (Wildman–Crippen MR) is 40.5 cm³/mol. The highest BCUT2D eigenvalue weighted by Gasteiger charge is 2.24. The van der Waals surface area contributed by atoms with Crippen molar-refractivity contribution >= 4 is 18.4 Å². The van der Waals surface area contributed by atoms with Crippen LogP contribution < -0.4 is 0 Å². The zero-order chi connectivity index (χ0) is 6.85. The molecule has 0 aromatic heterocycles. The van der Waals surface area contributed by atoms with E-state index in [0.717, 1.165) is 19.5 Å². The first-order chi connectivity index (χ1) is 4.22. The van der Waals surface area contributed by atoms with Crippen molar-refractivity contribution in [3.05, 3.63) is 0 Å². The Labute approximate surface area is 66.4 Å². The highest BCUT2D eigenvalue weighted by Crippen LogP contribution is 2.10. The Morgan fingerprint density at radius 2 is 2.10 bits per heavy atom. The van der Waals surface area contributed by atoms with E-state index in [4.69, 9.17) is 5.11 Å². The summed E-state index contributed by atoms with van der Waals surface area (Å²) in [5.41, 5.74) is 0. The molecule has 0 spiro atoms. The molecule has 0 bridgehead atoms. The lowest BCUT2D eigenvalue weighted by Gasteiger charge is -2.33. The van der Waals surface area contributed by atoms with E-state index in [-0.39, 0.29) is 18.4 Å². The molecule has 1 heterocycles. The maximum atomic E-state index is 10.3. The Bertz CT molecular complexity index is 125. The first-order valence-corrected chi connectivity index (χ1v) is 3.18. The highest BCUT2D eigenvalue weighted by atomic mass is 35.5. The van der Waals surface area contributed by atoms with Gasteiger partial charge in [0.25, 0.3) is 0 Å². The molecule has 1 saturated heterocycles. The van der Waals surface area contributed by atoms with Gasteiger partial charge in [-0.05, 0) is 13.3 Å². The summed E-state index contributed by atoms with van der Waals surface area (Å²) in [6.07, 6.45) is 1.15. The minimum Gasteiger partial charge on any atom is -0.480 e. The van der Waals surface area contributed by atoms with Crippen molar-refractivity contribution in [1.29, 1.82) is 0 Å². The van der Waals surface area contributed by atoms with Crippen molar-refractivity contribution in [3.63, 3.8) is 0 Å². The molecule has 1 atom stereocenters. The molecular weight excluding hydrogens is 154 g/mol. The fraction of sp³-hybridized carbons (Fsp3) is 0.833. The van der Waals surface area contributed by atoms with Crippen LogP contribution in [0.2, 0.25) is 0 Å². The number of carboxylic acids is 1. The smallest absolute Gasteiger partial charge is 0.320 e. The normalized spacial score (nSPS) is 20.5. The monoisotopic (exact) mass is 165 g/mol. The summed E-state index contributed by atoms with van der Waals surface area (Å²) in [4.78, 5) is 12.2. The van der Waals surface area contributed by atoms with Crippen LogP contribution in [-0.2, 0) is 4.79 Å². The van der Waals surface area contributed by atoms with E-state index in [0.29, 0.717) is 0 Å².